The molecular weight excluding hydrogens is 600 g/mol. The second-order valence-electron chi connectivity index (χ2n) is 8.48. The fraction of sp³-hybridized carbons (Fsp3) is 0.400. The van der Waals surface area contributed by atoms with Crippen molar-refractivity contribution < 1.29 is 73.3 Å². The molecule has 0 radical (unpaired) electrons. The zero-order valence-electron chi connectivity index (χ0n) is 25.2. The summed E-state index contributed by atoms with van der Waals surface area (Å²) in [5.41, 5.74) is 1.88. The Morgan fingerprint density at radius 3 is 1.53 bits per heavy atom. The molecule has 15 heteroatoms. The van der Waals surface area contributed by atoms with Gasteiger partial charge in [-0.25, -0.2) is 14.4 Å². The summed E-state index contributed by atoms with van der Waals surface area (Å²) >= 11 is 0. The number of benzene rings is 2. The highest BCUT2D eigenvalue weighted by molar-refractivity contribution is 5.77. The van der Waals surface area contributed by atoms with Gasteiger partial charge in [0.15, 0.2) is 18.3 Å². The van der Waals surface area contributed by atoms with Crippen molar-refractivity contribution in [3.05, 3.63) is 71.8 Å². The highest BCUT2D eigenvalue weighted by atomic mass is 16.6. The van der Waals surface area contributed by atoms with Gasteiger partial charge in [0, 0.05) is 29.5 Å². The van der Waals surface area contributed by atoms with Gasteiger partial charge in [0.1, 0.15) is 26.4 Å². The minimum Gasteiger partial charge on any atom is -0.479 e. The molecule has 0 bridgehead atoms. The zero-order chi connectivity index (χ0) is 34.0. The number of epoxide rings is 1. The molecule has 45 heavy (non-hydrogen) atoms. The fourth-order valence-electron chi connectivity index (χ4n) is 2.69. The number of aliphatic carboxylic acids is 1. The molecule has 0 amide bonds. The minimum absolute atomic E-state index is 0. The average Bonchev–Trinajstić information content (AvgIpc) is 3.87. The number of hydrogen-bond donors (Lipinski definition) is 1. The van der Waals surface area contributed by atoms with Crippen molar-refractivity contribution in [3.8, 4) is 0 Å². The molecular formula is C30H38O15. The van der Waals surface area contributed by atoms with Gasteiger partial charge in [-0.05, 0) is 11.1 Å². The molecule has 1 heterocycles. The van der Waals surface area contributed by atoms with E-state index in [4.69, 9.17) is 38.4 Å². The van der Waals surface area contributed by atoms with E-state index in [1.807, 2.05) is 60.7 Å². The molecule has 1 saturated heterocycles. The smallest absolute Gasteiger partial charge is 0.373 e. The predicted molar refractivity (Wildman–Crippen MR) is 152 cm³/mol. The predicted octanol–water partition coefficient (Wildman–Crippen LogP) is 1.75. The third-order valence-electron chi connectivity index (χ3n) is 5.03. The van der Waals surface area contributed by atoms with Gasteiger partial charge in [-0.3, -0.25) is 9.59 Å². The van der Waals surface area contributed by atoms with E-state index in [-0.39, 0.29) is 39.5 Å². The van der Waals surface area contributed by atoms with Crippen molar-refractivity contribution in [3.63, 3.8) is 0 Å². The summed E-state index contributed by atoms with van der Waals surface area (Å²) in [5.74, 6) is -2.94. The lowest BCUT2D eigenvalue weighted by molar-refractivity contribution is -0.192. The van der Waals surface area contributed by atoms with Crippen LogP contribution in [0.3, 0.4) is 0 Å². The third-order valence-corrected chi connectivity index (χ3v) is 5.03. The highest BCUT2D eigenvalue weighted by Gasteiger charge is 2.32. The number of ether oxygens (including phenoxy) is 7. The Bertz CT molecular complexity index is 1200. The molecule has 0 saturated carbocycles. The van der Waals surface area contributed by atoms with Crippen LogP contribution in [0.1, 0.15) is 26.4 Å². The van der Waals surface area contributed by atoms with Crippen LogP contribution in [-0.4, -0.2) is 93.5 Å². The van der Waals surface area contributed by atoms with Crippen molar-refractivity contribution in [2.45, 2.75) is 45.4 Å². The van der Waals surface area contributed by atoms with Gasteiger partial charge in [-0.2, -0.15) is 9.59 Å². The summed E-state index contributed by atoms with van der Waals surface area (Å²) in [4.78, 5) is 70.0. The number of methoxy groups -OCH3 is 2. The molecule has 248 valence electrons. The molecule has 3 atom stereocenters. The van der Waals surface area contributed by atoms with Crippen molar-refractivity contribution in [2.75, 3.05) is 34.0 Å². The van der Waals surface area contributed by atoms with Gasteiger partial charge in [-0.15, -0.1) is 0 Å². The largest absolute Gasteiger partial charge is 0.479 e. The maximum absolute atomic E-state index is 11.6. The van der Waals surface area contributed by atoms with E-state index >= 15 is 0 Å². The van der Waals surface area contributed by atoms with Crippen LogP contribution in [0.5, 0.6) is 0 Å². The maximum Gasteiger partial charge on any atom is 0.373 e. The van der Waals surface area contributed by atoms with E-state index < -0.39 is 36.1 Å². The van der Waals surface area contributed by atoms with Gasteiger partial charge in [0.05, 0.1) is 6.61 Å². The number of carbonyl (C=O) groups excluding carboxylic acids is 6. The van der Waals surface area contributed by atoms with Gasteiger partial charge >= 0.3 is 36.0 Å². The van der Waals surface area contributed by atoms with E-state index in [2.05, 4.69) is 9.47 Å². The molecule has 1 aliphatic heterocycles. The molecule has 3 unspecified atom stereocenters. The zero-order valence-corrected chi connectivity index (χ0v) is 25.2. The quantitative estimate of drug-likeness (QED) is 0.188. The van der Waals surface area contributed by atoms with Crippen molar-refractivity contribution in [2.24, 2.45) is 0 Å². The maximum atomic E-state index is 11.6. The van der Waals surface area contributed by atoms with E-state index in [1.54, 1.807) is 0 Å². The lowest BCUT2D eigenvalue weighted by Crippen LogP contribution is -2.30. The minimum atomic E-state index is -1.14. The summed E-state index contributed by atoms with van der Waals surface area (Å²) in [6, 6.07) is 18.9. The van der Waals surface area contributed by atoms with E-state index in [9.17, 15) is 24.0 Å². The number of carboxylic acids is 1. The van der Waals surface area contributed by atoms with Crippen LogP contribution >= 0.6 is 0 Å². The van der Waals surface area contributed by atoms with Crippen LogP contribution in [0.4, 0.5) is 0 Å². The number of carboxylic acid groups (broad SMARTS) is 1. The Labute approximate surface area is 260 Å². The average molecular weight is 639 g/mol. The Hall–Kier alpha value is -4.95. The molecule has 0 aliphatic carbocycles. The number of hydrogen-bond acceptors (Lipinski definition) is 14. The molecule has 0 spiro atoms. The van der Waals surface area contributed by atoms with Crippen LogP contribution in [0.25, 0.3) is 0 Å². The molecule has 3 rings (SSSR count). The van der Waals surface area contributed by atoms with Gasteiger partial charge in [0.2, 0.25) is 0 Å². The van der Waals surface area contributed by atoms with Crippen LogP contribution < -0.4 is 0 Å². The van der Waals surface area contributed by atoms with Gasteiger partial charge in [0.25, 0.3) is 0 Å². The van der Waals surface area contributed by atoms with Crippen LogP contribution in [0.15, 0.2) is 60.7 Å². The van der Waals surface area contributed by atoms with E-state index in [1.165, 1.54) is 28.1 Å². The second-order valence-corrected chi connectivity index (χ2v) is 8.48. The lowest BCUT2D eigenvalue weighted by atomic mass is 10.2. The third kappa shape index (κ3) is 21.4. The van der Waals surface area contributed by atoms with Crippen LogP contribution in [0.2, 0.25) is 0 Å². The normalized spacial score (nSPS) is 13.5. The first-order valence-electron chi connectivity index (χ1n) is 13.1. The Morgan fingerprint density at radius 1 is 0.778 bits per heavy atom. The molecule has 15 nitrogen and oxygen atoms in total. The first-order valence-corrected chi connectivity index (χ1v) is 13.1. The van der Waals surface area contributed by atoms with E-state index in [0.717, 1.165) is 11.1 Å². The first kappa shape index (κ1) is 40.1. The second kappa shape index (κ2) is 24.5. The first-order chi connectivity index (χ1) is 21.5. The van der Waals surface area contributed by atoms with Gasteiger partial charge in [-0.1, -0.05) is 60.7 Å². The lowest BCUT2D eigenvalue weighted by Gasteiger charge is -2.14. The van der Waals surface area contributed by atoms with E-state index in [0.29, 0.717) is 13.2 Å². The van der Waals surface area contributed by atoms with Gasteiger partial charge < -0.3 is 38.3 Å². The molecule has 1 aliphatic rings. The fourth-order valence-corrected chi connectivity index (χ4v) is 2.69. The Balaban J connectivity index is 0. The van der Waals surface area contributed by atoms with Crippen LogP contribution in [0, 0.1) is 0 Å². The number of carbonyl (C=O) groups is 5. The monoisotopic (exact) mass is 638 g/mol. The summed E-state index contributed by atoms with van der Waals surface area (Å²) in [6.07, 6.45) is -2.01. The molecule has 0 aromatic heterocycles. The topological polar surface area (TPSA) is 208 Å². The summed E-state index contributed by atoms with van der Waals surface area (Å²) in [6.45, 7) is 3.09. The Kier molecular flexibility index (Phi) is 21.8. The number of esters is 4. The SMILES string of the molecule is COC(COC(C)=O)C(=O)O.COC(COC(C)=O)C(=O)OCc1ccccc1.O=C(OCc1ccccc1)C1CO1.O=C=O.[HH]. The summed E-state index contributed by atoms with van der Waals surface area (Å²) in [5, 5.41) is 8.37. The van der Waals surface area contributed by atoms with Crippen molar-refractivity contribution >= 4 is 36.0 Å². The van der Waals surface area contributed by atoms with Crippen LogP contribution in [-0.2, 0) is 79.9 Å². The van der Waals surface area contributed by atoms with Crippen molar-refractivity contribution in [1.29, 1.82) is 0 Å². The van der Waals surface area contributed by atoms with Crippen molar-refractivity contribution in [1.82, 2.24) is 0 Å². The molecule has 2 aromatic rings. The molecule has 2 aromatic carbocycles. The summed E-state index contributed by atoms with van der Waals surface area (Å²) in [7, 11) is 2.60. The summed E-state index contributed by atoms with van der Waals surface area (Å²) < 4.78 is 33.3. The standard InChI is InChI=1S/C13H16O5.C10H10O3.C6H10O5.CO2.H2/c1-10(14)17-9-12(16-2)13(15)18-8-11-6-4-3-5-7-11;11-10(9-7-12-9)13-6-8-4-2-1-3-5-8;1-4(7)11-3-5(10-2)6(8)9;2-1-3;/h3-7,12H,8-9H2,1-2H3;1-5,9H,6-7H2;5H,3H2,1-2H3,(H,8,9);;1H. The molecule has 1 fully saturated rings. The number of rotatable bonds is 13. The highest BCUT2D eigenvalue weighted by Crippen LogP contribution is 2.12. The molecule has 1 N–H and O–H groups in total. The Morgan fingerprint density at radius 2 is 1.18 bits per heavy atom.